The minimum absolute atomic E-state index is 0.224. The molecule has 0 saturated carbocycles. The molecule has 2 aliphatic heterocycles. The summed E-state index contributed by atoms with van der Waals surface area (Å²) in [5.41, 5.74) is 2.62. The van der Waals surface area contributed by atoms with E-state index in [0.29, 0.717) is 54.1 Å². The zero-order valence-electron chi connectivity index (χ0n) is 16.9. The third kappa shape index (κ3) is 3.86. The number of carbonyl (C=O) groups excluding carboxylic acids is 1. The third-order valence-corrected chi connectivity index (χ3v) is 7.57. The summed E-state index contributed by atoms with van der Waals surface area (Å²) in [5.74, 6) is 0.845. The van der Waals surface area contributed by atoms with Crippen LogP contribution in [-0.2, 0) is 19.6 Å². The molecule has 5 rings (SSSR count). The van der Waals surface area contributed by atoms with Crippen molar-refractivity contribution in [2.24, 2.45) is 0 Å². The highest BCUT2D eigenvalue weighted by molar-refractivity contribution is 7.89. The molecule has 0 bridgehead atoms. The molecule has 1 fully saturated rings. The van der Waals surface area contributed by atoms with Crippen molar-refractivity contribution in [2.75, 3.05) is 31.6 Å². The summed E-state index contributed by atoms with van der Waals surface area (Å²) in [5, 5.41) is 3.34. The minimum Gasteiger partial charge on any atom is -0.457 e. The summed E-state index contributed by atoms with van der Waals surface area (Å²) in [6.07, 6.45) is 1.66. The van der Waals surface area contributed by atoms with Crippen molar-refractivity contribution < 1.29 is 22.4 Å². The van der Waals surface area contributed by atoms with E-state index in [4.69, 9.17) is 20.8 Å². The van der Waals surface area contributed by atoms with Crippen molar-refractivity contribution in [1.82, 2.24) is 4.31 Å². The summed E-state index contributed by atoms with van der Waals surface area (Å²) >= 11 is 6.08. The van der Waals surface area contributed by atoms with E-state index in [0.717, 1.165) is 11.1 Å². The molecule has 1 N–H and O–H groups in total. The van der Waals surface area contributed by atoms with Gasteiger partial charge in [0.2, 0.25) is 10.0 Å². The van der Waals surface area contributed by atoms with E-state index in [2.05, 4.69) is 5.32 Å². The van der Waals surface area contributed by atoms with Crippen molar-refractivity contribution in [3.8, 4) is 11.3 Å². The number of morpholine rings is 1. The first-order valence-electron chi connectivity index (χ1n) is 10.0. The lowest BCUT2D eigenvalue weighted by atomic mass is 10.1. The van der Waals surface area contributed by atoms with Crippen LogP contribution in [-0.4, -0.2) is 44.9 Å². The second-order valence-corrected chi connectivity index (χ2v) is 9.82. The van der Waals surface area contributed by atoms with Crippen LogP contribution in [0, 0.1) is 0 Å². The van der Waals surface area contributed by atoms with E-state index >= 15 is 0 Å². The fourth-order valence-corrected chi connectivity index (χ4v) is 5.34. The molecule has 1 amide bonds. The standard InChI is InChI=1S/C23H19ClN2O5S/c24-16-3-7-21-19(13-16)20(23(27)25-21)14-17-4-8-22(31-17)15-1-5-18(6-2-15)32(28,29)26-9-11-30-12-10-26/h1-8,13-14H,9-12H2,(H,25,27)/b20-14-. The molecular formula is C23H19ClN2O5S. The number of nitrogens with one attached hydrogen (secondary N) is 1. The molecule has 3 heterocycles. The number of amides is 1. The van der Waals surface area contributed by atoms with Gasteiger partial charge in [0.15, 0.2) is 0 Å². The molecule has 164 valence electrons. The van der Waals surface area contributed by atoms with Gasteiger partial charge in [0.1, 0.15) is 11.5 Å². The predicted molar refractivity (Wildman–Crippen MR) is 122 cm³/mol. The first kappa shape index (κ1) is 21.0. The second kappa shape index (κ2) is 8.22. The molecule has 9 heteroatoms. The van der Waals surface area contributed by atoms with E-state index < -0.39 is 10.0 Å². The summed E-state index contributed by atoms with van der Waals surface area (Å²) in [4.78, 5) is 12.6. The molecule has 2 aliphatic rings. The number of sulfonamides is 1. The van der Waals surface area contributed by atoms with Crippen molar-refractivity contribution in [2.45, 2.75) is 4.90 Å². The topological polar surface area (TPSA) is 88.9 Å². The highest BCUT2D eigenvalue weighted by atomic mass is 35.5. The average Bonchev–Trinajstić information content (AvgIpc) is 3.39. The summed E-state index contributed by atoms with van der Waals surface area (Å²) in [6, 6.07) is 15.3. The first-order valence-corrected chi connectivity index (χ1v) is 11.8. The van der Waals surface area contributed by atoms with Gasteiger partial charge in [-0.05, 0) is 60.7 Å². The van der Waals surface area contributed by atoms with Crippen molar-refractivity contribution >= 4 is 44.9 Å². The molecule has 3 aromatic rings. The van der Waals surface area contributed by atoms with Crippen LogP contribution in [0.1, 0.15) is 11.3 Å². The Labute approximate surface area is 190 Å². The number of benzene rings is 2. The largest absolute Gasteiger partial charge is 0.457 e. The number of halogens is 1. The summed E-state index contributed by atoms with van der Waals surface area (Å²) in [6.45, 7) is 1.50. The van der Waals surface area contributed by atoms with Gasteiger partial charge >= 0.3 is 0 Å². The zero-order valence-corrected chi connectivity index (χ0v) is 18.4. The van der Waals surface area contributed by atoms with Crippen LogP contribution in [0.15, 0.2) is 63.9 Å². The van der Waals surface area contributed by atoms with Crippen molar-refractivity contribution in [1.29, 1.82) is 0 Å². The van der Waals surface area contributed by atoms with Crippen LogP contribution in [0.25, 0.3) is 23.0 Å². The number of hydrogen-bond acceptors (Lipinski definition) is 5. The molecule has 32 heavy (non-hydrogen) atoms. The maximum atomic E-state index is 12.8. The Morgan fingerprint density at radius 1 is 1.00 bits per heavy atom. The molecular weight excluding hydrogens is 452 g/mol. The minimum atomic E-state index is -3.55. The highest BCUT2D eigenvalue weighted by Crippen LogP contribution is 2.35. The molecule has 2 aromatic carbocycles. The van der Waals surface area contributed by atoms with Crippen molar-refractivity contribution in [3.63, 3.8) is 0 Å². The number of rotatable bonds is 4. The van der Waals surface area contributed by atoms with Crippen molar-refractivity contribution in [3.05, 3.63) is 70.9 Å². The van der Waals surface area contributed by atoms with Gasteiger partial charge in [-0.1, -0.05) is 11.6 Å². The Kier molecular flexibility index (Phi) is 5.38. The Balaban J connectivity index is 1.39. The Hall–Kier alpha value is -2.91. The normalized spacial score (nSPS) is 18.0. The third-order valence-electron chi connectivity index (χ3n) is 5.42. The van der Waals surface area contributed by atoms with Crippen LogP contribution >= 0.6 is 11.6 Å². The lowest BCUT2D eigenvalue weighted by Crippen LogP contribution is -2.40. The zero-order chi connectivity index (χ0) is 22.3. The monoisotopic (exact) mass is 470 g/mol. The van der Waals surface area contributed by atoms with E-state index in [1.807, 2.05) is 0 Å². The maximum Gasteiger partial charge on any atom is 0.256 e. The SMILES string of the molecule is O=C1Nc2ccc(Cl)cc2/C1=C/c1ccc(-c2ccc(S(=O)(=O)N3CCOCC3)cc2)o1. The summed E-state index contributed by atoms with van der Waals surface area (Å²) in [7, 11) is -3.55. The molecule has 1 aromatic heterocycles. The quantitative estimate of drug-likeness (QED) is 0.579. The van der Waals surface area contributed by atoms with Gasteiger partial charge in [-0.15, -0.1) is 0 Å². The van der Waals surface area contributed by atoms with Crippen LogP contribution in [0.4, 0.5) is 5.69 Å². The van der Waals surface area contributed by atoms with Crippen LogP contribution < -0.4 is 5.32 Å². The Bertz CT molecular complexity index is 1320. The fourth-order valence-electron chi connectivity index (χ4n) is 3.76. The smallest absolute Gasteiger partial charge is 0.256 e. The van der Waals surface area contributed by atoms with E-state index in [-0.39, 0.29) is 10.8 Å². The number of anilines is 1. The van der Waals surface area contributed by atoms with Gasteiger partial charge in [-0.25, -0.2) is 8.42 Å². The number of furan rings is 1. The fraction of sp³-hybridized carbons (Fsp3) is 0.174. The van der Waals surface area contributed by atoms with Crippen LogP contribution in [0.2, 0.25) is 5.02 Å². The van der Waals surface area contributed by atoms with Gasteiger partial charge in [0.05, 0.1) is 23.7 Å². The highest BCUT2D eigenvalue weighted by Gasteiger charge is 2.27. The number of ether oxygens (including phenoxy) is 1. The predicted octanol–water partition coefficient (Wildman–Crippen LogP) is 4.11. The van der Waals surface area contributed by atoms with Gasteiger partial charge in [0, 0.05) is 34.9 Å². The molecule has 0 atom stereocenters. The first-order chi connectivity index (χ1) is 15.4. The second-order valence-electron chi connectivity index (χ2n) is 7.44. The molecule has 0 aliphatic carbocycles. The lowest BCUT2D eigenvalue weighted by Gasteiger charge is -2.26. The molecule has 7 nitrogen and oxygen atoms in total. The Morgan fingerprint density at radius 3 is 2.50 bits per heavy atom. The number of nitrogens with zero attached hydrogens (tertiary/aromatic N) is 1. The van der Waals surface area contributed by atoms with E-state index in [1.54, 1.807) is 60.7 Å². The maximum absolute atomic E-state index is 12.8. The summed E-state index contributed by atoms with van der Waals surface area (Å²) < 4.78 is 38.1. The van der Waals surface area contributed by atoms with E-state index in [1.165, 1.54) is 4.31 Å². The van der Waals surface area contributed by atoms with E-state index in [9.17, 15) is 13.2 Å². The number of carbonyl (C=O) groups is 1. The van der Waals surface area contributed by atoms with Crippen LogP contribution in [0.5, 0.6) is 0 Å². The Morgan fingerprint density at radius 2 is 1.75 bits per heavy atom. The number of fused-ring (bicyclic) bond motifs is 1. The van der Waals surface area contributed by atoms with Crippen LogP contribution in [0.3, 0.4) is 0 Å². The van der Waals surface area contributed by atoms with Gasteiger partial charge in [-0.3, -0.25) is 4.79 Å². The molecule has 1 saturated heterocycles. The molecule has 0 unspecified atom stereocenters. The molecule has 0 radical (unpaired) electrons. The van der Waals surface area contributed by atoms with Gasteiger partial charge in [0.25, 0.3) is 5.91 Å². The lowest BCUT2D eigenvalue weighted by molar-refractivity contribution is -0.110. The molecule has 0 spiro atoms. The van der Waals surface area contributed by atoms with Gasteiger partial charge in [-0.2, -0.15) is 4.31 Å². The van der Waals surface area contributed by atoms with Gasteiger partial charge < -0.3 is 14.5 Å². The number of hydrogen-bond donors (Lipinski definition) is 1. The average molecular weight is 471 g/mol.